The molecule has 1 heterocycles. The molecule has 27 heavy (non-hydrogen) atoms. The van der Waals surface area contributed by atoms with Crippen LogP contribution >= 0.6 is 0 Å². The molecule has 1 unspecified atom stereocenters. The minimum absolute atomic E-state index is 0.220. The molecule has 0 radical (unpaired) electrons. The van der Waals surface area contributed by atoms with Crippen LogP contribution in [0.5, 0.6) is 0 Å². The van der Waals surface area contributed by atoms with Gasteiger partial charge in [0.1, 0.15) is 5.52 Å². The first-order valence-electron chi connectivity index (χ1n) is 8.54. The maximum Gasteiger partial charge on any atom is 0.253 e. The van der Waals surface area contributed by atoms with E-state index in [-0.39, 0.29) is 5.91 Å². The molecular weight excluding hydrogens is 336 g/mol. The zero-order valence-electron chi connectivity index (χ0n) is 14.4. The molecule has 0 spiro atoms. The van der Waals surface area contributed by atoms with E-state index in [0.717, 1.165) is 16.6 Å². The van der Waals surface area contributed by atoms with Crippen molar-refractivity contribution in [1.29, 1.82) is 0 Å². The van der Waals surface area contributed by atoms with Crippen molar-refractivity contribution in [2.75, 3.05) is 0 Å². The molecule has 0 saturated heterocycles. The second-order valence-corrected chi connectivity index (χ2v) is 5.90. The van der Waals surface area contributed by atoms with Crippen LogP contribution < -0.4 is 5.32 Å². The van der Waals surface area contributed by atoms with Gasteiger partial charge in [-0.2, -0.15) is 0 Å². The molecule has 4 aromatic rings. The zero-order valence-corrected chi connectivity index (χ0v) is 14.4. The summed E-state index contributed by atoms with van der Waals surface area (Å²) >= 11 is 0. The van der Waals surface area contributed by atoms with Crippen molar-refractivity contribution in [2.45, 2.75) is 6.17 Å². The Hall–Kier alpha value is -3.91. The fourth-order valence-corrected chi connectivity index (χ4v) is 2.71. The Kier molecular flexibility index (Phi) is 4.62. The number of para-hydroxylation sites is 1. The molecule has 0 aliphatic heterocycles. The molecule has 1 amide bonds. The van der Waals surface area contributed by atoms with E-state index in [2.05, 4.69) is 27.5 Å². The van der Waals surface area contributed by atoms with Gasteiger partial charge in [-0.25, -0.2) is 4.68 Å². The number of benzene rings is 3. The summed E-state index contributed by atoms with van der Waals surface area (Å²) in [6, 6.07) is 26.2. The third kappa shape index (κ3) is 3.70. The number of nitrogens with one attached hydrogen (secondary N) is 1. The molecule has 0 aliphatic rings. The number of fused-ring (bicyclic) bond motifs is 1. The molecule has 1 N–H and O–H groups in total. The lowest BCUT2D eigenvalue weighted by Crippen LogP contribution is -2.32. The van der Waals surface area contributed by atoms with Gasteiger partial charge in [0.25, 0.3) is 5.91 Å². The third-order valence-corrected chi connectivity index (χ3v) is 4.05. The SMILES string of the molecule is O=C(NC(C#Cc1ccccc1)n1nnc2ccccc21)c1ccccc1. The van der Waals surface area contributed by atoms with Gasteiger partial charge in [-0.05, 0) is 42.3 Å². The normalized spacial score (nSPS) is 11.4. The molecule has 130 valence electrons. The van der Waals surface area contributed by atoms with Crippen molar-refractivity contribution in [3.8, 4) is 11.8 Å². The van der Waals surface area contributed by atoms with Crippen LogP contribution in [0.25, 0.3) is 11.0 Å². The molecule has 0 saturated carbocycles. The number of rotatable bonds is 3. The predicted octanol–water partition coefficient (Wildman–Crippen LogP) is 3.41. The highest BCUT2D eigenvalue weighted by Crippen LogP contribution is 2.14. The van der Waals surface area contributed by atoms with Gasteiger partial charge in [-0.15, -0.1) is 5.10 Å². The quantitative estimate of drug-likeness (QED) is 0.575. The molecule has 4 rings (SSSR count). The van der Waals surface area contributed by atoms with Gasteiger partial charge in [-0.1, -0.05) is 59.7 Å². The lowest BCUT2D eigenvalue weighted by Gasteiger charge is -2.14. The second-order valence-electron chi connectivity index (χ2n) is 5.90. The average molecular weight is 352 g/mol. The number of aromatic nitrogens is 3. The highest BCUT2D eigenvalue weighted by molar-refractivity contribution is 5.94. The number of amides is 1. The van der Waals surface area contributed by atoms with Gasteiger partial charge in [0, 0.05) is 11.1 Å². The molecule has 1 atom stereocenters. The van der Waals surface area contributed by atoms with Crippen LogP contribution in [0.2, 0.25) is 0 Å². The highest BCUT2D eigenvalue weighted by Gasteiger charge is 2.16. The smallest absolute Gasteiger partial charge is 0.253 e. The van der Waals surface area contributed by atoms with E-state index in [1.54, 1.807) is 16.8 Å². The van der Waals surface area contributed by atoms with E-state index >= 15 is 0 Å². The Morgan fingerprint density at radius 1 is 0.889 bits per heavy atom. The summed E-state index contributed by atoms with van der Waals surface area (Å²) in [4.78, 5) is 12.7. The van der Waals surface area contributed by atoms with Crippen LogP contribution in [0.15, 0.2) is 84.9 Å². The summed E-state index contributed by atoms with van der Waals surface area (Å²) in [6.45, 7) is 0. The van der Waals surface area contributed by atoms with E-state index in [1.165, 1.54) is 0 Å². The largest absolute Gasteiger partial charge is 0.320 e. The van der Waals surface area contributed by atoms with Crippen molar-refractivity contribution in [3.05, 3.63) is 96.1 Å². The Labute approximate surface area is 156 Å². The number of carbonyl (C=O) groups is 1. The maximum absolute atomic E-state index is 12.7. The van der Waals surface area contributed by atoms with Gasteiger partial charge in [0.15, 0.2) is 6.17 Å². The molecule has 5 heteroatoms. The van der Waals surface area contributed by atoms with E-state index in [4.69, 9.17) is 0 Å². The average Bonchev–Trinajstić information content (AvgIpc) is 3.16. The zero-order chi connectivity index (χ0) is 18.5. The molecule has 0 bridgehead atoms. The minimum Gasteiger partial charge on any atom is -0.320 e. The van der Waals surface area contributed by atoms with Crippen LogP contribution in [0.1, 0.15) is 22.1 Å². The standard InChI is InChI=1S/C22H16N4O/c27-22(18-11-5-2-6-12-18)23-21(16-15-17-9-3-1-4-10-17)26-20-14-8-7-13-19(20)24-25-26/h1-14,21H,(H,23,27). The van der Waals surface area contributed by atoms with Crippen molar-refractivity contribution in [3.63, 3.8) is 0 Å². The first-order valence-corrected chi connectivity index (χ1v) is 8.54. The summed E-state index contributed by atoms with van der Waals surface area (Å²) in [5, 5.41) is 11.3. The number of hydrogen-bond donors (Lipinski definition) is 1. The Balaban J connectivity index is 1.71. The lowest BCUT2D eigenvalue weighted by molar-refractivity contribution is 0.0932. The van der Waals surface area contributed by atoms with Crippen molar-refractivity contribution < 1.29 is 4.79 Å². The molecular formula is C22H16N4O. The predicted molar refractivity (Wildman–Crippen MR) is 104 cm³/mol. The summed E-state index contributed by atoms with van der Waals surface area (Å²) in [7, 11) is 0. The Morgan fingerprint density at radius 3 is 2.33 bits per heavy atom. The van der Waals surface area contributed by atoms with E-state index in [1.807, 2.05) is 72.8 Å². The van der Waals surface area contributed by atoms with Crippen LogP contribution in [-0.2, 0) is 0 Å². The van der Waals surface area contributed by atoms with E-state index < -0.39 is 6.17 Å². The molecule has 5 nitrogen and oxygen atoms in total. The van der Waals surface area contributed by atoms with Gasteiger partial charge in [-0.3, -0.25) is 4.79 Å². The fourth-order valence-electron chi connectivity index (χ4n) is 2.71. The van der Waals surface area contributed by atoms with Crippen LogP contribution in [-0.4, -0.2) is 20.9 Å². The molecule has 0 aliphatic carbocycles. The Morgan fingerprint density at radius 2 is 1.56 bits per heavy atom. The number of hydrogen-bond acceptors (Lipinski definition) is 3. The summed E-state index contributed by atoms with van der Waals surface area (Å²) in [6.07, 6.45) is -0.648. The summed E-state index contributed by atoms with van der Waals surface area (Å²) in [5.74, 6) is 5.99. The lowest BCUT2D eigenvalue weighted by atomic mass is 10.2. The first kappa shape index (κ1) is 16.6. The van der Waals surface area contributed by atoms with Gasteiger partial charge >= 0.3 is 0 Å². The van der Waals surface area contributed by atoms with Crippen LogP contribution in [0.4, 0.5) is 0 Å². The van der Waals surface area contributed by atoms with Crippen LogP contribution in [0, 0.1) is 11.8 Å². The van der Waals surface area contributed by atoms with Gasteiger partial charge in [0.2, 0.25) is 0 Å². The molecule has 1 aromatic heterocycles. The number of nitrogens with zero attached hydrogens (tertiary/aromatic N) is 3. The maximum atomic E-state index is 12.7. The van der Waals surface area contributed by atoms with Crippen molar-refractivity contribution in [2.24, 2.45) is 0 Å². The molecule has 0 fully saturated rings. The summed E-state index contributed by atoms with van der Waals surface area (Å²) in [5.41, 5.74) is 2.98. The third-order valence-electron chi connectivity index (χ3n) is 4.05. The van der Waals surface area contributed by atoms with Crippen molar-refractivity contribution in [1.82, 2.24) is 20.3 Å². The van der Waals surface area contributed by atoms with Crippen molar-refractivity contribution >= 4 is 16.9 Å². The van der Waals surface area contributed by atoms with Gasteiger partial charge < -0.3 is 5.32 Å². The van der Waals surface area contributed by atoms with E-state index in [0.29, 0.717) is 5.56 Å². The minimum atomic E-state index is -0.648. The Bertz CT molecular complexity index is 1120. The fraction of sp³-hybridized carbons (Fsp3) is 0.0455. The first-order chi connectivity index (χ1) is 13.3. The molecule has 3 aromatic carbocycles. The highest BCUT2D eigenvalue weighted by atomic mass is 16.1. The van der Waals surface area contributed by atoms with Crippen LogP contribution in [0.3, 0.4) is 0 Å². The van der Waals surface area contributed by atoms with Gasteiger partial charge in [0.05, 0.1) is 5.52 Å². The second kappa shape index (κ2) is 7.54. The monoisotopic (exact) mass is 352 g/mol. The topological polar surface area (TPSA) is 59.8 Å². The van der Waals surface area contributed by atoms with E-state index in [9.17, 15) is 4.79 Å². The summed E-state index contributed by atoms with van der Waals surface area (Å²) < 4.78 is 1.63. The number of carbonyl (C=O) groups excluding carboxylic acids is 1.